The number of sulfonamides is 1. The third-order valence-corrected chi connectivity index (χ3v) is 7.73. The van der Waals surface area contributed by atoms with Crippen molar-refractivity contribution in [2.24, 2.45) is 0 Å². The molecule has 96 valence electrons. The van der Waals surface area contributed by atoms with Crippen LogP contribution in [0.2, 0.25) is 0 Å². The molecule has 0 aliphatic carbocycles. The highest BCUT2D eigenvalue weighted by atomic mass is 79.9. The molecule has 0 aromatic carbocycles. The van der Waals surface area contributed by atoms with Crippen molar-refractivity contribution in [1.29, 1.82) is 0 Å². The number of hydrogen-bond donors (Lipinski definition) is 0. The summed E-state index contributed by atoms with van der Waals surface area (Å²) in [4.78, 5) is 0. The summed E-state index contributed by atoms with van der Waals surface area (Å²) in [6.45, 7) is 4.63. The third-order valence-electron chi connectivity index (χ3n) is 3.19. The summed E-state index contributed by atoms with van der Waals surface area (Å²) in [5.74, 6) is 0. The molecule has 1 saturated heterocycles. The van der Waals surface area contributed by atoms with Crippen LogP contribution in [0.15, 0.2) is 14.1 Å². The van der Waals surface area contributed by atoms with Crippen molar-refractivity contribution >= 4 is 37.3 Å². The van der Waals surface area contributed by atoms with Gasteiger partial charge in [-0.15, -0.1) is 11.3 Å². The zero-order chi connectivity index (χ0) is 12.6. The molecule has 3 nitrogen and oxygen atoms in total. The first-order valence-corrected chi connectivity index (χ1v) is 8.79. The highest BCUT2D eigenvalue weighted by Crippen LogP contribution is 2.35. The summed E-state index contributed by atoms with van der Waals surface area (Å²) in [5.41, 5.74) is 0.987. The Kier molecular flexibility index (Phi) is 3.97. The Hall–Kier alpha value is 0.0900. The van der Waals surface area contributed by atoms with Crippen molar-refractivity contribution in [1.82, 2.24) is 4.31 Å². The molecule has 0 saturated carbocycles. The van der Waals surface area contributed by atoms with E-state index in [-0.39, 0.29) is 6.04 Å². The Labute approximate surface area is 115 Å². The SMILES string of the molecule is CCC1CCCN1S(=O)(=O)c1cc(C)c(Br)s1. The second-order valence-corrected chi connectivity index (χ2v) is 8.83. The van der Waals surface area contributed by atoms with Gasteiger partial charge in [0.15, 0.2) is 0 Å². The average molecular weight is 338 g/mol. The van der Waals surface area contributed by atoms with Crippen molar-refractivity contribution in [3.8, 4) is 0 Å². The second kappa shape index (κ2) is 4.99. The molecule has 1 aliphatic rings. The summed E-state index contributed by atoms with van der Waals surface area (Å²) in [6, 6.07) is 1.94. The maximum Gasteiger partial charge on any atom is 0.252 e. The highest BCUT2D eigenvalue weighted by Gasteiger charge is 2.35. The van der Waals surface area contributed by atoms with Gasteiger partial charge < -0.3 is 0 Å². The molecule has 2 rings (SSSR count). The van der Waals surface area contributed by atoms with E-state index < -0.39 is 10.0 Å². The Morgan fingerprint density at radius 2 is 2.29 bits per heavy atom. The fraction of sp³-hybridized carbons (Fsp3) is 0.636. The lowest BCUT2D eigenvalue weighted by Crippen LogP contribution is -2.34. The van der Waals surface area contributed by atoms with Gasteiger partial charge in [0.2, 0.25) is 0 Å². The molecule has 0 amide bonds. The highest BCUT2D eigenvalue weighted by molar-refractivity contribution is 9.11. The molecule has 2 heterocycles. The van der Waals surface area contributed by atoms with Gasteiger partial charge >= 0.3 is 0 Å². The van der Waals surface area contributed by atoms with Gasteiger partial charge in [0.1, 0.15) is 4.21 Å². The fourth-order valence-electron chi connectivity index (χ4n) is 2.21. The first-order valence-electron chi connectivity index (χ1n) is 5.74. The normalized spacial score (nSPS) is 22.2. The molecule has 1 aliphatic heterocycles. The summed E-state index contributed by atoms with van der Waals surface area (Å²) < 4.78 is 28.0. The first-order chi connectivity index (χ1) is 7.96. The number of halogens is 1. The van der Waals surface area contributed by atoms with E-state index >= 15 is 0 Å². The molecule has 0 radical (unpaired) electrons. The minimum absolute atomic E-state index is 0.182. The lowest BCUT2D eigenvalue weighted by atomic mass is 10.2. The lowest BCUT2D eigenvalue weighted by molar-refractivity contribution is 0.380. The molecule has 6 heteroatoms. The van der Waals surface area contributed by atoms with Crippen LogP contribution >= 0.6 is 27.3 Å². The fourth-order valence-corrected chi connectivity index (χ4v) is 6.33. The van der Waals surface area contributed by atoms with E-state index in [2.05, 4.69) is 15.9 Å². The number of aryl methyl sites for hydroxylation is 1. The molecule has 17 heavy (non-hydrogen) atoms. The van der Waals surface area contributed by atoms with Crippen molar-refractivity contribution in [2.45, 2.75) is 43.4 Å². The van der Waals surface area contributed by atoms with Gasteiger partial charge in [0, 0.05) is 12.6 Å². The zero-order valence-corrected chi connectivity index (χ0v) is 13.2. The van der Waals surface area contributed by atoms with Crippen molar-refractivity contribution in [3.63, 3.8) is 0 Å². The quantitative estimate of drug-likeness (QED) is 0.847. The van der Waals surface area contributed by atoms with Gasteiger partial charge in [-0.2, -0.15) is 4.31 Å². The summed E-state index contributed by atoms with van der Waals surface area (Å²) >= 11 is 4.69. The second-order valence-electron chi connectivity index (χ2n) is 4.34. The molecule has 0 N–H and O–H groups in total. The van der Waals surface area contributed by atoms with Crippen LogP contribution in [0.1, 0.15) is 31.7 Å². The minimum Gasteiger partial charge on any atom is -0.206 e. The standard InChI is InChI=1S/C11H16BrNO2S2/c1-3-9-5-4-6-13(9)17(14,15)10-7-8(2)11(12)16-10/h7,9H,3-6H2,1-2H3. The molecule has 1 aromatic rings. The summed E-state index contributed by atoms with van der Waals surface area (Å²) in [5, 5.41) is 0. The van der Waals surface area contributed by atoms with E-state index in [1.165, 1.54) is 11.3 Å². The monoisotopic (exact) mass is 337 g/mol. The maximum atomic E-state index is 12.5. The van der Waals surface area contributed by atoms with Gasteiger partial charge in [0.05, 0.1) is 3.79 Å². The van der Waals surface area contributed by atoms with Crippen LogP contribution in [0.3, 0.4) is 0 Å². The van der Waals surface area contributed by atoms with E-state index in [0.29, 0.717) is 10.8 Å². The van der Waals surface area contributed by atoms with Gasteiger partial charge in [0.25, 0.3) is 10.0 Å². The van der Waals surface area contributed by atoms with Gasteiger partial charge in [-0.3, -0.25) is 0 Å². The van der Waals surface area contributed by atoms with Crippen molar-refractivity contribution < 1.29 is 8.42 Å². The smallest absolute Gasteiger partial charge is 0.206 e. The molecule has 0 spiro atoms. The molecular weight excluding hydrogens is 322 g/mol. The Morgan fingerprint density at radius 3 is 2.82 bits per heavy atom. The molecule has 1 aromatic heterocycles. The number of hydrogen-bond acceptors (Lipinski definition) is 3. The third kappa shape index (κ3) is 2.45. The predicted molar refractivity (Wildman–Crippen MR) is 74.0 cm³/mol. The number of rotatable bonds is 3. The van der Waals surface area contributed by atoms with Crippen molar-refractivity contribution in [3.05, 3.63) is 15.4 Å². The maximum absolute atomic E-state index is 12.5. The van der Waals surface area contributed by atoms with E-state index in [4.69, 9.17) is 0 Å². The van der Waals surface area contributed by atoms with Crippen LogP contribution < -0.4 is 0 Å². The topological polar surface area (TPSA) is 37.4 Å². The molecule has 1 atom stereocenters. The van der Waals surface area contributed by atoms with E-state index in [1.54, 1.807) is 10.4 Å². The molecular formula is C11H16BrNO2S2. The number of nitrogens with zero attached hydrogens (tertiary/aromatic N) is 1. The summed E-state index contributed by atoms with van der Waals surface area (Å²) in [7, 11) is -3.28. The average Bonchev–Trinajstić information content (AvgIpc) is 2.86. The van der Waals surface area contributed by atoms with E-state index in [0.717, 1.165) is 28.6 Å². The van der Waals surface area contributed by atoms with Gasteiger partial charge in [-0.25, -0.2) is 8.42 Å². The minimum atomic E-state index is -3.28. The Bertz CT molecular complexity index is 490. The predicted octanol–water partition coefficient (Wildman–Crippen LogP) is 3.38. The van der Waals surface area contributed by atoms with Crippen LogP contribution in [0, 0.1) is 6.92 Å². The first kappa shape index (κ1) is 13.5. The van der Waals surface area contributed by atoms with Gasteiger partial charge in [-0.05, 0) is 53.7 Å². The van der Waals surface area contributed by atoms with Crippen LogP contribution in [-0.4, -0.2) is 25.3 Å². The van der Waals surface area contributed by atoms with Crippen molar-refractivity contribution in [2.75, 3.05) is 6.54 Å². The largest absolute Gasteiger partial charge is 0.252 e. The molecule has 1 unspecified atom stereocenters. The lowest BCUT2D eigenvalue weighted by Gasteiger charge is -2.21. The van der Waals surface area contributed by atoms with Crippen LogP contribution in [-0.2, 0) is 10.0 Å². The zero-order valence-electron chi connectivity index (χ0n) is 9.94. The molecule has 1 fully saturated rings. The van der Waals surface area contributed by atoms with Gasteiger partial charge in [-0.1, -0.05) is 6.92 Å². The van der Waals surface area contributed by atoms with E-state index in [9.17, 15) is 8.42 Å². The summed E-state index contributed by atoms with van der Waals surface area (Å²) in [6.07, 6.45) is 2.86. The van der Waals surface area contributed by atoms with Crippen LogP contribution in [0.25, 0.3) is 0 Å². The Balaban J connectivity index is 2.36. The van der Waals surface area contributed by atoms with Crippen LogP contribution in [0.4, 0.5) is 0 Å². The Morgan fingerprint density at radius 1 is 1.59 bits per heavy atom. The van der Waals surface area contributed by atoms with Crippen LogP contribution in [0.5, 0.6) is 0 Å². The number of thiophene rings is 1. The molecule has 0 bridgehead atoms. The van der Waals surface area contributed by atoms with E-state index in [1.807, 2.05) is 13.8 Å².